The summed E-state index contributed by atoms with van der Waals surface area (Å²) in [4.78, 5) is 8.43. The molecule has 0 aliphatic heterocycles. The van der Waals surface area contributed by atoms with E-state index in [1.165, 1.54) is 18.4 Å². The molecule has 8 heteroatoms. The first kappa shape index (κ1) is 15.3. The SMILES string of the molecule is CCc1nc(Br)cc(NCCS(=O)(=O)N(C)C)n1. The van der Waals surface area contributed by atoms with Crippen molar-refractivity contribution >= 4 is 31.8 Å². The van der Waals surface area contributed by atoms with Crippen molar-refractivity contribution in [2.24, 2.45) is 0 Å². The highest BCUT2D eigenvalue weighted by molar-refractivity contribution is 9.10. The highest BCUT2D eigenvalue weighted by Gasteiger charge is 2.12. The molecule has 1 aromatic rings. The molecule has 0 saturated heterocycles. The lowest BCUT2D eigenvalue weighted by molar-refractivity contribution is 0.521. The van der Waals surface area contributed by atoms with Gasteiger partial charge in [-0.15, -0.1) is 0 Å². The number of sulfonamides is 1. The fourth-order valence-corrected chi connectivity index (χ4v) is 2.35. The molecule has 0 amide bonds. The van der Waals surface area contributed by atoms with Crippen LogP contribution in [0, 0.1) is 0 Å². The van der Waals surface area contributed by atoms with Gasteiger partial charge in [-0.1, -0.05) is 6.92 Å². The zero-order valence-electron chi connectivity index (χ0n) is 10.6. The number of nitrogens with zero attached hydrogens (tertiary/aromatic N) is 3. The third-order valence-corrected chi connectivity index (χ3v) is 4.52. The Labute approximate surface area is 116 Å². The van der Waals surface area contributed by atoms with Gasteiger partial charge in [0.1, 0.15) is 16.2 Å². The first-order valence-corrected chi connectivity index (χ1v) is 7.93. The van der Waals surface area contributed by atoms with E-state index in [4.69, 9.17) is 0 Å². The Morgan fingerprint density at radius 1 is 1.39 bits per heavy atom. The van der Waals surface area contributed by atoms with Crippen molar-refractivity contribution in [2.45, 2.75) is 13.3 Å². The van der Waals surface area contributed by atoms with E-state index in [2.05, 4.69) is 31.2 Å². The Kier molecular flexibility index (Phi) is 5.48. The molecular weight excluding hydrogens is 320 g/mol. The molecule has 0 atom stereocenters. The number of aromatic nitrogens is 2. The highest BCUT2D eigenvalue weighted by atomic mass is 79.9. The van der Waals surface area contributed by atoms with Gasteiger partial charge >= 0.3 is 0 Å². The molecule has 0 aliphatic rings. The fourth-order valence-electron chi connectivity index (χ4n) is 1.20. The van der Waals surface area contributed by atoms with E-state index in [-0.39, 0.29) is 5.75 Å². The lowest BCUT2D eigenvalue weighted by atomic mass is 10.4. The van der Waals surface area contributed by atoms with E-state index in [9.17, 15) is 8.42 Å². The molecule has 0 bridgehead atoms. The van der Waals surface area contributed by atoms with Gasteiger partial charge in [0.05, 0.1) is 5.75 Å². The maximum atomic E-state index is 11.6. The van der Waals surface area contributed by atoms with Crippen LogP contribution in [0.25, 0.3) is 0 Å². The quantitative estimate of drug-likeness (QED) is 0.787. The van der Waals surface area contributed by atoms with Crippen molar-refractivity contribution in [1.82, 2.24) is 14.3 Å². The van der Waals surface area contributed by atoms with Crippen LogP contribution in [0.2, 0.25) is 0 Å². The molecule has 1 heterocycles. The molecule has 0 unspecified atom stereocenters. The summed E-state index contributed by atoms with van der Waals surface area (Å²) in [7, 11) is -0.139. The molecule has 0 fully saturated rings. The summed E-state index contributed by atoms with van der Waals surface area (Å²) in [5, 5.41) is 2.98. The monoisotopic (exact) mass is 336 g/mol. The molecule has 6 nitrogen and oxygen atoms in total. The molecule has 0 aliphatic carbocycles. The number of aryl methyl sites for hydroxylation is 1. The minimum Gasteiger partial charge on any atom is -0.369 e. The van der Waals surface area contributed by atoms with E-state index in [0.717, 1.165) is 6.42 Å². The topological polar surface area (TPSA) is 75.2 Å². The minimum atomic E-state index is -3.18. The normalized spacial score (nSPS) is 11.8. The first-order valence-electron chi connectivity index (χ1n) is 5.52. The second kappa shape index (κ2) is 6.44. The van der Waals surface area contributed by atoms with Crippen LogP contribution in [0.1, 0.15) is 12.7 Å². The molecule has 0 aromatic carbocycles. The Balaban J connectivity index is 2.62. The van der Waals surface area contributed by atoms with Crippen LogP contribution in [-0.2, 0) is 16.4 Å². The predicted molar refractivity (Wildman–Crippen MR) is 75.1 cm³/mol. The Hall–Kier alpha value is -0.730. The van der Waals surface area contributed by atoms with Gasteiger partial charge in [-0.25, -0.2) is 22.7 Å². The summed E-state index contributed by atoms with van der Waals surface area (Å²) in [5.74, 6) is 1.37. The molecule has 0 spiro atoms. The van der Waals surface area contributed by atoms with Crippen LogP contribution in [0.4, 0.5) is 5.82 Å². The molecule has 1 aromatic heterocycles. The number of halogens is 1. The molecule has 1 N–H and O–H groups in total. The van der Waals surface area contributed by atoms with E-state index in [0.29, 0.717) is 22.8 Å². The van der Waals surface area contributed by atoms with Crippen molar-refractivity contribution in [3.05, 3.63) is 16.5 Å². The fraction of sp³-hybridized carbons (Fsp3) is 0.600. The zero-order chi connectivity index (χ0) is 13.8. The van der Waals surface area contributed by atoms with Crippen molar-refractivity contribution < 1.29 is 8.42 Å². The molecule has 0 radical (unpaired) electrons. The van der Waals surface area contributed by atoms with Gasteiger partial charge in [-0.2, -0.15) is 0 Å². The van der Waals surface area contributed by atoms with E-state index in [1.807, 2.05) is 6.92 Å². The van der Waals surface area contributed by atoms with Crippen LogP contribution in [0.5, 0.6) is 0 Å². The van der Waals surface area contributed by atoms with Gasteiger partial charge in [-0.05, 0) is 15.9 Å². The summed E-state index contributed by atoms with van der Waals surface area (Å²) in [6, 6.07) is 1.72. The van der Waals surface area contributed by atoms with E-state index < -0.39 is 10.0 Å². The Morgan fingerprint density at radius 2 is 2.06 bits per heavy atom. The van der Waals surface area contributed by atoms with Crippen LogP contribution >= 0.6 is 15.9 Å². The first-order chi connectivity index (χ1) is 8.35. The predicted octanol–water partition coefficient (Wildman–Crippen LogP) is 1.10. The largest absolute Gasteiger partial charge is 0.369 e. The van der Waals surface area contributed by atoms with Crippen molar-refractivity contribution in [3.63, 3.8) is 0 Å². The maximum absolute atomic E-state index is 11.6. The van der Waals surface area contributed by atoms with Gasteiger partial charge < -0.3 is 5.32 Å². The summed E-state index contributed by atoms with van der Waals surface area (Å²) in [5.41, 5.74) is 0. The lowest BCUT2D eigenvalue weighted by Crippen LogP contribution is -2.28. The van der Waals surface area contributed by atoms with E-state index in [1.54, 1.807) is 6.07 Å². The van der Waals surface area contributed by atoms with Gasteiger partial charge in [0.25, 0.3) is 0 Å². The second-order valence-electron chi connectivity index (χ2n) is 3.87. The highest BCUT2D eigenvalue weighted by Crippen LogP contribution is 2.12. The summed E-state index contributed by atoms with van der Waals surface area (Å²) in [6.07, 6.45) is 0.726. The van der Waals surface area contributed by atoms with Crippen LogP contribution < -0.4 is 5.32 Å². The maximum Gasteiger partial charge on any atom is 0.215 e. The van der Waals surface area contributed by atoms with Gasteiger partial charge in [-0.3, -0.25) is 0 Å². The number of rotatable bonds is 6. The smallest absolute Gasteiger partial charge is 0.215 e. The van der Waals surface area contributed by atoms with Crippen LogP contribution in [0.15, 0.2) is 10.7 Å². The number of nitrogens with one attached hydrogen (secondary N) is 1. The minimum absolute atomic E-state index is 0.0308. The zero-order valence-corrected chi connectivity index (χ0v) is 13.0. The van der Waals surface area contributed by atoms with Crippen molar-refractivity contribution in [1.29, 1.82) is 0 Å². The molecule has 18 heavy (non-hydrogen) atoms. The summed E-state index contributed by atoms with van der Waals surface area (Å²) < 4.78 is 25.0. The van der Waals surface area contributed by atoms with E-state index >= 15 is 0 Å². The van der Waals surface area contributed by atoms with Crippen LogP contribution in [0.3, 0.4) is 0 Å². The summed E-state index contributed by atoms with van der Waals surface area (Å²) in [6.45, 7) is 2.27. The number of anilines is 1. The lowest BCUT2D eigenvalue weighted by Gasteiger charge is -2.12. The molecule has 102 valence electrons. The average Bonchev–Trinajstić information content (AvgIpc) is 2.27. The summed E-state index contributed by atoms with van der Waals surface area (Å²) >= 11 is 3.29. The molecular formula is C10H17BrN4O2S. The average molecular weight is 337 g/mol. The third-order valence-electron chi connectivity index (χ3n) is 2.28. The van der Waals surface area contributed by atoms with Crippen molar-refractivity contribution in [2.75, 3.05) is 31.7 Å². The standard InChI is InChI=1S/C10H17BrN4O2S/c1-4-9-13-8(11)7-10(14-9)12-5-6-18(16,17)15(2)3/h7H,4-6H2,1-3H3,(H,12,13,14). The van der Waals surface area contributed by atoms with Crippen LogP contribution in [-0.4, -0.2) is 49.1 Å². The number of hydrogen-bond donors (Lipinski definition) is 1. The Bertz CT molecular complexity index is 505. The number of hydrogen-bond acceptors (Lipinski definition) is 5. The van der Waals surface area contributed by atoms with Crippen molar-refractivity contribution in [3.8, 4) is 0 Å². The van der Waals surface area contributed by atoms with Gasteiger partial charge in [0, 0.05) is 33.1 Å². The third kappa shape index (κ3) is 4.51. The Morgan fingerprint density at radius 3 is 2.61 bits per heavy atom. The van der Waals surface area contributed by atoms with Gasteiger partial charge in [0.15, 0.2) is 0 Å². The second-order valence-corrected chi connectivity index (χ2v) is 6.99. The molecule has 0 saturated carbocycles. The van der Waals surface area contributed by atoms with Gasteiger partial charge in [0.2, 0.25) is 10.0 Å². The molecule has 1 rings (SSSR count).